The number of fused-ring (bicyclic) bond motifs is 4. The molecule has 0 radical (unpaired) electrons. The Hall–Kier alpha value is -1.95. The van der Waals surface area contributed by atoms with E-state index in [1.165, 1.54) is 25.0 Å². The van der Waals surface area contributed by atoms with Crippen molar-refractivity contribution in [3.05, 3.63) is 46.1 Å². The standard InChI is InChI=1S/C18H23N5O/c24-18-3-1-2-17-15-6-14(9-23(17)18)7-21(10-15)11-16-12-22(20-19-16)8-13-4-5-13/h1-3,12-15H,4-11H2/t14-,15+/m0/s1. The van der Waals surface area contributed by atoms with Crippen molar-refractivity contribution in [3.63, 3.8) is 0 Å². The lowest BCUT2D eigenvalue weighted by atomic mass is 9.83. The van der Waals surface area contributed by atoms with E-state index in [0.29, 0.717) is 11.8 Å². The molecule has 1 saturated heterocycles. The van der Waals surface area contributed by atoms with E-state index < -0.39 is 0 Å². The van der Waals surface area contributed by atoms with E-state index in [1.807, 2.05) is 15.3 Å². The van der Waals surface area contributed by atoms with Crippen LogP contribution in [0.3, 0.4) is 0 Å². The van der Waals surface area contributed by atoms with E-state index in [0.717, 1.165) is 44.3 Å². The summed E-state index contributed by atoms with van der Waals surface area (Å²) < 4.78 is 3.99. The van der Waals surface area contributed by atoms with Crippen LogP contribution in [-0.4, -0.2) is 37.6 Å². The number of hydrogen-bond donors (Lipinski definition) is 0. The molecule has 0 spiro atoms. The molecule has 6 nitrogen and oxygen atoms in total. The number of piperidine rings is 1. The molecule has 24 heavy (non-hydrogen) atoms. The van der Waals surface area contributed by atoms with Gasteiger partial charge in [-0.2, -0.15) is 0 Å². The van der Waals surface area contributed by atoms with Crippen molar-refractivity contribution in [1.82, 2.24) is 24.5 Å². The van der Waals surface area contributed by atoms with Gasteiger partial charge in [0.2, 0.25) is 0 Å². The van der Waals surface area contributed by atoms with Crippen molar-refractivity contribution in [3.8, 4) is 0 Å². The van der Waals surface area contributed by atoms with E-state index in [2.05, 4.69) is 27.5 Å². The minimum Gasteiger partial charge on any atom is -0.312 e. The molecule has 0 unspecified atom stereocenters. The molecule has 0 amide bonds. The van der Waals surface area contributed by atoms with Crippen molar-refractivity contribution in [2.24, 2.45) is 11.8 Å². The lowest BCUT2D eigenvalue weighted by Gasteiger charge is -2.42. The van der Waals surface area contributed by atoms with Gasteiger partial charge in [-0.05, 0) is 37.2 Å². The third-order valence-electron chi connectivity index (χ3n) is 5.67. The molecule has 2 aromatic rings. The summed E-state index contributed by atoms with van der Waals surface area (Å²) in [6.07, 6.45) is 5.99. The van der Waals surface area contributed by atoms with Gasteiger partial charge in [-0.25, -0.2) is 0 Å². The monoisotopic (exact) mass is 325 g/mol. The Kier molecular flexibility index (Phi) is 3.33. The van der Waals surface area contributed by atoms with Crippen LogP contribution < -0.4 is 5.56 Å². The molecule has 5 rings (SSSR count). The molecule has 4 heterocycles. The highest BCUT2D eigenvalue weighted by molar-refractivity contribution is 5.17. The van der Waals surface area contributed by atoms with Crippen LogP contribution in [0.4, 0.5) is 0 Å². The highest BCUT2D eigenvalue weighted by Gasteiger charge is 2.34. The van der Waals surface area contributed by atoms with Gasteiger partial charge < -0.3 is 4.57 Å². The fourth-order valence-electron chi connectivity index (χ4n) is 4.42. The minimum atomic E-state index is 0.152. The Balaban J connectivity index is 1.31. The Bertz CT molecular complexity index is 806. The first kappa shape index (κ1) is 14.4. The SMILES string of the molecule is O=c1cccc2n1C[C@H]1C[C@@H]2CN(Cc2cn(CC3CC3)nn2)C1. The Morgan fingerprint density at radius 3 is 2.96 bits per heavy atom. The summed E-state index contributed by atoms with van der Waals surface area (Å²) in [5.41, 5.74) is 2.43. The quantitative estimate of drug-likeness (QED) is 0.854. The third-order valence-corrected chi connectivity index (χ3v) is 5.67. The molecule has 2 aliphatic heterocycles. The minimum absolute atomic E-state index is 0.152. The van der Waals surface area contributed by atoms with Crippen LogP contribution >= 0.6 is 0 Å². The average molecular weight is 325 g/mol. The van der Waals surface area contributed by atoms with Crippen LogP contribution in [-0.2, 0) is 19.6 Å². The molecule has 3 aliphatic rings. The molecule has 2 atom stereocenters. The highest BCUT2D eigenvalue weighted by Crippen LogP contribution is 2.35. The van der Waals surface area contributed by atoms with Crippen LogP contribution in [0.5, 0.6) is 0 Å². The first-order chi connectivity index (χ1) is 11.7. The van der Waals surface area contributed by atoms with Gasteiger partial charge in [-0.1, -0.05) is 11.3 Å². The Morgan fingerprint density at radius 2 is 2.08 bits per heavy atom. The lowest BCUT2D eigenvalue weighted by molar-refractivity contribution is 0.113. The van der Waals surface area contributed by atoms with Crippen molar-refractivity contribution in [2.45, 2.75) is 44.8 Å². The van der Waals surface area contributed by atoms with Gasteiger partial charge in [0.05, 0.1) is 5.69 Å². The van der Waals surface area contributed by atoms with Gasteiger partial charge in [0.15, 0.2) is 0 Å². The summed E-state index contributed by atoms with van der Waals surface area (Å²) in [4.78, 5) is 14.6. The first-order valence-corrected chi connectivity index (χ1v) is 9.06. The second-order valence-corrected chi connectivity index (χ2v) is 7.77. The fourth-order valence-corrected chi connectivity index (χ4v) is 4.42. The predicted molar refractivity (Wildman–Crippen MR) is 89.6 cm³/mol. The second-order valence-electron chi connectivity index (χ2n) is 7.77. The Morgan fingerprint density at radius 1 is 1.17 bits per heavy atom. The molecule has 6 heteroatoms. The second kappa shape index (κ2) is 5.55. The van der Waals surface area contributed by atoms with Crippen molar-refractivity contribution < 1.29 is 0 Å². The van der Waals surface area contributed by atoms with Crippen LogP contribution in [0.1, 0.15) is 36.6 Å². The third kappa shape index (κ3) is 2.69. The summed E-state index contributed by atoms with van der Waals surface area (Å²) in [7, 11) is 0. The maximum absolute atomic E-state index is 12.1. The van der Waals surface area contributed by atoms with Crippen molar-refractivity contribution in [1.29, 1.82) is 0 Å². The van der Waals surface area contributed by atoms with Gasteiger partial charge in [0.25, 0.3) is 5.56 Å². The molecule has 1 aliphatic carbocycles. The average Bonchev–Trinajstić information content (AvgIpc) is 3.27. The van der Waals surface area contributed by atoms with Gasteiger partial charge in [-0.15, -0.1) is 5.10 Å². The largest absolute Gasteiger partial charge is 0.312 e. The smallest absolute Gasteiger partial charge is 0.250 e. The summed E-state index contributed by atoms with van der Waals surface area (Å²) in [6, 6.07) is 5.70. The number of likely N-dealkylation sites (tertiary alicyclic amines) is 1. The van der Waals surface area contributed by atoms with Crippen LogP contribution in [0, 0.1) is 11.8 Å². The topological polar surface area (TPSA) is 56.0 Å². The van der Waals surface area contributed by atoms with E-state index in [9.17, 15) is 4.79 Å². The molecule has 2 bridgehead atoms. The molecule has 1 saturated carbocycles. The zero-order valence-electron chi connectivity index (χ0n) is 13.8. The number of pyridine rings is 1. The summed E-state index contributed by atoms with van der Waals surface area (Å²) in [5.74, 6) is 1.86. The van der Waals surface area contributed by atoms with Crippen LogP contribution in [0.2, 0.25) is 0 Å². The summed E-state index contributed by atoms with van der Waals surface area (Å²) >= 11 is 0. The highest BCUT2D eigenvalue weighted by atomic mass is 16.1. The molecule has 0 aromatic carbocycles. The normalized spacial score (nSPS) is 26.3. The lowest BCUT2D eigenvalue weighted by Crippen LogP contribution is -2.46. The van der Waals surface area contributed by atoms with Crippen LogP contribution in [0.15, 0.2) is 29.2 Å². The number of aromatic nitrogens is 4. The van der Waals surface area contributed by atoms with Gasteiger partial charge >= 0.3 is 0 Å². The fraction of sp³-hybridized carbons (Fsp3) is 0.611. The number of hydrogen-bond acceptors (Lipinski definition) is 4. The van der Waals surface area contributed by atoms with Gasteiger partial charge in [-0.3, -0.25) is 14.4 Å². The van der Waals surface area contributed by atoms with E-state index in [-0.39, 0.29) is 5.56 Å². The molecular formula is C18H23N5O. The van der Waals surface area contributed by atoms with E-state index in [4.69, 9.17) is 0 Å². The summed E-state index contributed by atoms with van der Waals surface area (Å²) in [5, 5.41) is 8.64. The zero-order chi connectivity index (χ0) is 16.1. The summed E-state index contributed by atoms with van der Waals surface area (Å²) in [6.45, 7) is 4.81. The molecule has 2 fully saturated rings. The zero-order valence-corrected chi connectivity index (χ0v) is 13.8. The van der Waals surface area contributed by atoms with Crippen molar-refractivity contribution >= 4 is 0 Å². The van der Waals surface area contributed by atoms with Crippen LogP contribution in [0.25, 0.3) is 0 Å². The van der Waals surface area contributed by atoms with Gasteiger partial charge in [0.1, 0.15) is 0 Å². The molecule has 126 valence electrons. The molecule has 0 N–H and O–H groups in total. The first-order valence-electron chi connectivity index (χ1n) is 9.06. The predicted octanol–water partition coefficient (Wildman–Crippen LogP) is 1.47. The molecular weight excluding hydrogens is 302 g/mol. The Labute approximate surface area is 141 Å². The van der Waals surface area contributed by atoms with Crippen molar-refractivity contribution in [2.75, 3.05) is 13.1 Å². The number of nitrogens with zero attached hydrogens (tertiary/aromatic N) is 5. The maximum atomic E-state index is 12.1. The van der Waals surface area contributed by atoms with E-state index >= 15 is 0 Å². The van der Waals surface area contributed by atoms with E-state index in [1.54, 1.807) is 6.07 Å². The maximum Gasteiger partial charge on any atom is 0.250 e. The number of rotatable bonds is 4. The van der Waals surface area contributed by atoms with Gasteiger partial charge in [0, 0.05) is 56.6 Å². The molecule has 2 aromatic heterocycles.